The van der Waals surface area contributed by atoms with Gasteiger partial charge in [-0.25, -0.2) is 4.98 Å². The van der Waals surface area contributed by atoms with Gasteiger partial charge in [0.1, 0.15) is 6.61 Å². The zero-order valence-electron chi connectivity index (χ0n) is 13.4. The highest BCUT2D eigenvalue weighted by atomic mass is 16.5. The molecule has 1 N–H and O–H groups in total. The summed E-state index contributed by atoms with van der Waals surface area (Å²) in [4.78, 5) is 10.8. The van der Waals surface area contributed by atoms with E-state index in [1.54, 1.807) is 12.4 Å². The molecule has 118 valence electrons. The van der Waals surface area contributed by atoms with E-state index in [0.29, 0.717) is 12.5 Å². The number of aromatic nitrogens is 2. The maximum Gasteiger partial charge on any atom is 0.213 e. The van der Waals surface area contributed by atoms with Crippen LogP contribution in [0, 0.1) is 0 Å². The van der Waals surface area contributed by atoms with Crippen LogP contribution < -0.4 is 10.1 Å². The lowest BCUT2D eigenvalue weighted by molar-refractivity contribution is 0.254. The van der Waals surface area contributed by atoms with E-state index in [0.717, 1.165) is 28.8 Å². The molecule has 3 aromatic rings. The number of anilines is 2. The van der Waals surface area contributed by atoms with Crippen LogP contribution in [0.15, 0.2) is 54.9 Å². The molecule has 5 nitrogen and oxygen atoms in total. The molecule has 2 heterocycles. The number of benzene rings is 1. The van der Waals surface area contributed by atoms with Crippen LogP contribution in [0.25, 0.3) is 10.9 Å². The molecule has 0 radical (unpaired) electrons. The minimum Gasteiger partial charge on any atom is -0.476 e. The first-order valence-corrected chi connectivity index (χ1v) is 7.57. The summed E-state index contributed by atoms with van der Waals surface area (Å²) >= 11 is 0. The molecule has 0 spiro atoms. The van der Waals surface area contributed by atoms with Crippen LogP contribution in [0.3, 0.4) is 0 Å². The van der Waals surface area contributed by atoms with E-state index in [2.05, 4.69) is 26.3 Å². The Morgan fingerprint density at radius 3 is 2.70 bits per heavy atom. The second-order valence-electron chi connectivity index (χ2n) is 5.54. The van der Waals surface area contributed by atoms with Crippen molar-refractivity contribution in [2.24, 2.45) is 0 Å². The van der Waals surface area contributed by atoms with Crippen LogP contribution in [0.2, 0.25) is 0 Å². The molecule has 2 aromatic heterocycles. The lowest BCUT2D eigenvalue weighted by Crippen LogP contribution is -2.19. The second-order valence-corrected chi connectivity index (χ2v) is 5.54. The molecule has 0 unspecified atom stereocenters. The molecule has 5 heteroatoms. The fourth-order valence-electron chi connectivity index (χ4n) is 2.23. The minimum absolute atomic E-state index is 0.627. The van der Waals surface area contributed by atoms with Gasteiger partial charge in [0.05, 0.1) is 17.4 Å². The molecule has 3 rings (SSSR count). The standard InChI is InChI=1S/C18H20N4O/c1-22(2)11-12-23-18-8-7-14(13-20-18)21-17-9-10-19-16-6-4-3-5-15(16)17/h3-10,13H,11-12H2,1-2H3,(H,19,21). The largest absolute Gasteiger partial charge is 0.476 e. The van der Waals surface area contributed by atoms with Gasteiger partial charge in [-0.2, -0.15) is 0 Å². The lowest BCUT2D eigenvalue weighted by atomic mass is 10.2. The minimum atomic E-state index is 0.627. The fraction of sp³-hybridized carbons (Fsp3) is 0.222. The van der Waals surface area contributed by atoms with Crippen LogP contribution in [-0.4, -0.2) is 42.1 Å². The molecular weight excluding hydrogens is 288 g/mol. The number of hydrogen-bond acceptors (Lipinski definition) is 5. The quantitative estimate of drug-likeness (QED) is 0.757. The first-order chi connectivity index (χ1) is 11.2. The number of pyridine rings is 2. The van der Waals surface area contributed by atoms with Crippen LogP contribution in [-0.2, 0) is 0 Å². The van der Waals surface area contributed by atoms with Crippen LogP contribution in [0.5, 0.6) is 5.88 Å². The Kier molecular flexibility index (Phi) is 4.68. The number of fused-ring (bicyclic) bond motifs is 1. The van der Waals surface area contributed by atoms with Gasteiger partial charge in [-0.1, -0.05) is 18.2 Å². The Bertz CT molecular complexity index is 766. The van der Waals surface area contributed by atoms with Crippen molar-refractivity contribution < 1.29 is 4.74 Å². The molecule has 0 atom stereocenters. The summed E-state index contributed by atoms with van der Waals surface area (Å²) in [5.41, 5.74) is 2.90. The van der Waals surface area contributed by atoms with E-state index < -0.39 is 0 Å². The van der Waals surface area contributed by atoms with E-state index in [-0.39, 0.29) is 0 Å². The monoisotopic (exact) mass is 308 g/mol. The zero-order chi connectivity index (χ0) is 16.1. The molecule has 1 aromatic carbocycles. The third kappa shape index (κ3) is 3.96. The fourth-order valence-corrected chi connectivity index (χ4v) is 2.23. The maximum atomic E-state index is 5.60. The van der Waals surface area contributed by atoms with E-state index in [1.807, 2.05) is 50.5 Å². The Balaban J connectivity index is 1.70. The first kappa shape index (κ1) is 15.2. The van der Waals surface area contributed by atoms with Crippen molar-refractivity contribution in [2.45, 2.75) is 0 Å². The smallest absolute Gasteiger partial charge is 0.213 e. The van der Waals surface area contributed by atoms with E-state index in [9.17, 15) is 0 Å². The molecule has 23 heavy (non-hydrogen) atoms. The van der Waals surface area contributed by atoms with Crippen molar-refractivity contribution in [1.29, 1.82) is 0 Å². The van der Waals surface area contributed by atoms with Crippen molar-refractivity contribution in [2.75, 3.05) is 32.6 Å². The topological polar surface area (TPSA) is 50.3 Å². The Hall–Kier alpha value is -2.66. The number of nitrogens with zero attached hydrogens (tertiary/aromatic N) is 3. The number of ether oxygens (including phenoxy) is 1. The molecule has 0 aliphatic rings. The summed E-state index contributed by atoms with van der Waals surface area (Å²) in [6, 6.07) is 13.9. The average molecular weight is 308 g/mol. The number of rotatable bonds is 6. The van der Waals surface area contributed by atoms with Gasteiger partial charge < -0.3 is 15.0 Å². The Morgan fingerprint density at radius 1 is 1.04 bits per heavy atom. The zero-order valence-corrected chi connectivity index (χ0v) is 13.4. The molecular formula is C18H20N4O. The van der Waals surface area contributed by atoms with Gasteiger partial charge in [-0.05, 0) is 32.3 Å². The van der Waals surface area contributed by atoms with Gasteiger partial charge in [-0.3, -0.25) is 4.98 Å². The van der Waals surface area contributed by atoms with Crippen LogP contribution in [0.1, 0.15) is 0 Å². The highest BCUT2D eigenvalue weighted by molar-refractivity contribution is 5.92. The molecule has 0 aliphatic heterocycles. The van der Waals surface area contributed by atoms with Gasteiger partial charge in [0, 0.05) is 29.9 Å². The average Bonchev–Trinajstić information content (AvgIpc) is 2.56. The SMILES string of the molecule is CN(C)CCOc1ccc(Nc2ccnc3ccccc23)cn1. The maximum absolute atomic E-state index is 5.60. The number of hydrogen-bond donors (Lipinski definition) is 1. The molecule has 0 amide bonds. The van der Waals surface area contributed by atoms with Gasteiger partial charge in [0.15, 0.2) is 0 Å². The van der Waals surface area contributed by atoms with E-state index in [4.69, 9.17) is 4.74 Å². The van der Waals surface area contributed by atoms with Crippen molar-refractivity contribution in [1.82, 2.24) is 14.9 Å². The lowest BCUT2D eigenvalue weighted by Gasteiger charge is -2.11. The van der Waals surface area contributed by atoms with Crippen molar-refractivity contribution in [3.8, 4) is 5.88 Å². The summed E-state index contributed by atoms with van der Waals surface area (Å²) < 4.78 is 5.60. The van der Waals surface area contributed by atoms with E-state index >= 15 is 0 Å². The highest BCUT2D eigenvalue weighted by Gasteiger charge is 2.03. The molecule has 0 saturated carbocycles. The third-order valence-electron chi connectivity index (χ3n) is 3.45. The third-order valence-corrected chi connectivity index (χ3v) is 3.45. The molecule has 0 fully saturated rings. The summed E-state index contributed by atoms with van der Waals surface area (Å²) in [6.07, 6.45) is 3.58. The predicted molar refractivity (Wildman–Crippen MR) is 93.3 cm³/mol. The molecule has 0 aliphatic carbocycles. The van der Waals surface area contributed by atoms with Crippen LogP contribution in [0.4, 0.5) is 11.4 Å². The number of para-hydroxylation sites is 1. The summed E-state index contributed by atoms with van der Waals surface area (Å²) in [6.45, 7) is 1.49. The Labute approximate surface area is 135 Å². The van der Waals surface area contributed by atoms with E-state index in [1.165, 1.54) is 0 Å². The summed E-state index contributed by atoms with van der Waals surface area (Å²) in [5, 5.41) is 4.47. The molecule has 0 bridgehead atoms. The van der Waals surface area contributed by atoms with Crippen molar-refractivity contribution in [3.05, 3.63) is 54.9 Å². The van der Waals surface area contributed by atoms with Crippen molar-refractivity contribution in [3.63, 3.8) is 0 Å². The Morgan fingerprint density at radius 2 is 1.91 bits per heavy atom. The van der Waals surface area contributed by atoms with Crippen molar-refractivity contribution >= 4 is 22.3 Å². The molecule has 0 saturated heterocycles. The van der Waals surface area contributed by atoms with Gasteiger partial charge in [0.2, 0.25) is 5.88 Å². The van der Waals surface area contributed by atoms with Gasteiger partial charge in [-0.15, -0.1) is 0 Å². The van der Waals surface area contributed by atoms with Gasteiger partial charge >= 0.3 is 0 Å². The number of likely N-dealkylation sites (N-methyl/N-ethyl adjacent to an activating group) is 1. The summed E-state index contributed by atoms with van der Waals surface area (Å²) in [5.74, 6) is 0.636. The number of nitrogens with one attached hydrogen (secondary N) is 1. The van der Waals surface area contributed by atoms with Gasteiger partial charge in [0.25, 0.3) is 0 Å². The summed E-state index contributed by atoms with van der Waals surface area (Å²) in [7, 11) is 4.03. The highest BCUT2D eigenvalue weighted by Crippen LogP contribution is 2.25. The normalized spacial score (nSPS) is 10.9. The first-order valence-electron chi connectivity index (χ1n) is 7.57. The predicted octanol–water partition coefficient (Wildman–Crippen LogP) is 3.31. The second kappa shape index (κ2) is 7.07. The van der Waals surface area contributed by atoms with Crippen LogP contribution >= 0.6 is 0 Å².